The summed E-state index contributed by atoms with van der Waals surface area (Å²) >= 11 is 0. The summed E-state index contributed by atoms with van der Waals surface area (Å²) in [4.78, 5) is 2.56. The Morgan fingerprint density at radius 3 is 1.57 bits per heavy atom. The van der Waals surface area contributed by atoms with E-state index in [-0.39, 0.29) is 5.41 Å². The lowest BCUT2D eigenvalue weighted by Crippen LogP contribution is -2.17. The zero-order chi connectivity index (χ0) is 38.8. The molecule has 0 saturated carbocycles. The summed E-state index contributed by atoms with van der Waals surface area (Å²) in [6.45, 7) is 4.75. The average Bonchev–Trinajstić information content (AvgIpc) is 3.52. The summed E-state index contributed by atoms with van der Waals surface area (Å²) in [5.74, 6) is 0. The number of nitrogens with zero attached hydrogens (tertiary/aromatic N) is 1. The first-order valence-electron chi connectivity index (χ1n) is 20.3. The first-order chi connectivity index (χ1) is 28.6. The molecule has 1 nitrogen and oxygen atoms in total. The maximum absolute atomic E-state index is 2.56. The van der Waals surface area contributed by atoms with Gasteiger partial charge in [0.1, 0.15) is 0 Å². The number of hydrogen-bond donors (Lipinski definition) is 0. The first kappa shape index (κ1) is 34.1. The second kappa shape index (κ2) is 13.5. The third-order valence-corrected chi connectivity index (χ3v) is 12.4. The Labute approximate surface area is 340 Å². The van der Waals surface area contributed by atoms with Gasteiger partial charge in [0.15, 0.2) is 0 Å². The van der Waals surface area contributed by atoms with Gasteiger partial charge >= 0.3 is 0 Å². The van der Waals surface area contributed by atoms with Crippen LogP contribution in [0.3, 0.4) is 0 Å². The number of anilines is 3. The van der Waals surface area contributed by atoms with Crippen LogP contribution >= 0.6 is 0 Å². The summed E-state index contributed by atoms with van der Waals surface area (Å²) in [6, 6.07) is 78.4. The van der Waals surface area contributed by atoms with Crippen molar-refractivity contribution in [1.82, 2.24) is 0 Å². The summed E-state index contributed by atoms with van der Waals surface area (Å²) in [5, 5.41) is 7.39. The second-order valence-electron chi connectivity index (χ2n) is 16.0. The fourth-order valence-electron chi connectivity index (χ4n) is 9.71. The topological polar surface area (TPSA) is 3.24 Å². The van der Waals surface area contributed by atoms with Crippen molar-refractivity contribution in [2.45, 2.75) is 19.3 Å². The number of hydrogen-bond acceptors (Lipinski definition) is 1. The predicted molar refractivity (Wildman–Crippen MR) is 248 cm³/mol. The highest BCUT2D eigenvalue weighted by molar-refractivity contribution is 6.24. The SMILES string of the molecule is CC1(C)c2ccccc2-c2ccc(N(c3ccc(-c4ccccc4)c(-c4ccccc4)c3)c3c(-c4cccc5ccccc45)c4ccccc4c4ccccc34)cc21. The Morgan fingerprint density at radius 2 is 0.828 bits per heavy atom. The molecule has 11 rings (SSSR count). The van der Waals surface area contributed by atoms with Crippen LogP contribution in [0.25, 0.3) is 76.8 Å². The molecule has 0 spiro atoms. The molecule has 10 aromatic carbocycles. The molecule has 1 aliphatic carbocycles. The minimum absolute atomic E-state index is 0.163. The van der Waals surface area contributed by atoms with E-state index < -0.39 is 0 Å². The molecule has 0 unspecified atom stereocenters. The lowest BCUT2D eigenvalue weighted by molar-refractivity contribution is 0.660. The Kier molecular flexibility index (Phi) is 7.91. The van der Waals surface area contributed by atoms with Crippen molar-refractivity contribution in [2.24, 2.45) is 0 Å². The molecule has 1 aliphatic rings. The normalized spacial score (nSPS) is 12.8. The fraction of sp³-hybridized carbons (Fsp3) is 0.0526. The van der Waals surface area contributed by atoms with Crippen molar-refractivity contribution in [2.75, 3.05) is 4.90 Å². The van der Waals surface area contributed by atoms with E-state index in [1.165, 1.54) is 93.6 Å². The van der Waals surface area contributed by atoms with E-state index in [0.29, 0.717) is 0 Å². The Hall–Kier alpha value is -7.22. The molecule has 0 amide bonds. The van der Waals surface area contributed by atoms with Crippen molar-refractivity contribution in [3.05, 3.63) is 223 Å². The van der Waals surface area contributed by atoms with E-state index in [1.54, 1.807) is 0 Å². The first-order valence-corrected chi connectivity index (χ1v) is 20.3. The molecule has 0 N–H and O–H groups in total. The summed E-state index contributed by atoms with van der Waals surface area (Å²) in [7, 11) is 0. The van der Waals surface area contributed by atoms with Crippen molar-refractivity contribution in [1.29, 1.82) is 0 Å². The van der Waals surface area contributed by atoms with Gasteiger partial charge in [-0.15, -0.1) is 0 Å². The summed E-state index contributed by atoms with van der Waals surface area (Å²) < 4.78 is 0. The average molecular weight is 740 g/mol. The van der Waals surface area contributed by atoms with Crippen molar-refractivity contribution >= 4 is 49.4 Å². The maximum atomic E-state index is 2.56. The van der Waals surface area contributed by atoms with Crippen LogP contribution in [0, 0.1) is 0 Å². The fourth-order valence-corrected chi connectivity index (χ4v) is 9.71. The lowest BCUT2D eigenvalue weighted by Gasteiger charge is -2.32. The Bertz CT molecular complexity index is 3190. The summed E-state index contributed by atoms with van der Waals surface area (Å²) in [6.07, 6.45) is 0. The zero-order valence-electron chi connectivity index (χ0n) is 32.7. The molecular formula is C57H41N. The second-order valence-corrected chi connectivity index (χ2v) is 16.0. The number of fused-ring (bicyclic) bond motifs is 7. The largest absolute Gasteiger partial charge is 0.309 e. The van der Waals surface area contributed by atoms with Crippen molar-refractivity contribution in [3.8, 4) is 44.5 Å². The Morgan fingerprint density at radius 1 is 0.328 bits per heavy atom. The third kappa shape index (κ3) is 5.31. The molecule has 0 bridgehead atoms. The highest BCUT2D eigenvalue weighted by atomic mass is 15.1. The maximum Gasteiger partial charge on any atom is 0.0625 e. The molecule has 10 aromatic rings. The van der Waals surface area contributed by atoms with E-state index in [9.17, 15) is 0 Å². The van der Waals surface area contributed by atoms with E-state index >= 15 is 0 Å². The van der Waals surface area contributed by atoms with Crippen LogP contribution in [0.1, 0.15) is 25.0 Å². The molecular weight excluding hydrogens is 699 g/mol. The van der Waals surface area contributed by atoms with Crippen LogP contribution in [0.2, 0.25) is 0 Å². The molecule has 0 aliphatic heterocycles. The molecule has 0 heterocycles. The zero-order valence-corrected chi connectivity index (χ0v) is 32.7. The number of rotatable bonds is 6. The van der Waals surface area contributed by atoms with Gasteiger partial charge in [0.25, 0.3) is 0 Å². The van der Waals surface area contributed by atoms with Gasteiger partial charge in [-0.1, -0.05) is 202 Å². The minimum atomic E-state index is -0.163. The monoisotopic (exact) mass is 739 g/mol. The molecule has 0 atom stereocenters. The van der Waals surface area contributed by atoms with Crippen LogP contribution in [0.4, 0.5) is 17.1 Å². The van der Waals surface area contributed by atoms with Gasteiger partial charge in [0, 0.05) is 27.7 Å². The van der Waals surface area contributed by atoms with Gasteiger partial charge in [-0.25, -0.2) is 0 Å². The molecule has 58 heavy (non-hydrogen) atoms. The molecule has 0 saturated heterocycles. The van der Waals surface area contributed by atoms with Gasteiger partial charge in [-0.2, -0.15) is 0 Å². The van der Waals surface area contributed by atoms with Gasteiger partial charge in [-0.05, 0) is 101 Å². The van der Waals surface area contributed by atoms with Gasteiger partial charge in [-0.3, -0.25) is 0 Å². The van der Waals surface area contributed by atoms with Gasteiger partial charge in [0.05, 0.1) is 5.69 Å². The molecule has 0 fully saturated rings. The van der Waals surface area contributed by atoms with Crippen LogP contribution < -0.4 is 4.90 Å². The van der Waals surface area contributed by atoms with Crippen LogP contribution in [0.5, 0.6) is 0 Å². The summed E-state index contributed by atoms with van der Waals surface area (Å²) in [5.41, 5.74) is 15.8. The molecule has 0 aromatic heterocycles. The Balaban J connectivity index is 1.29. The van der Waals surface area contributed by atoms with Gasteiger partial charge < -0.3 is 4.90 Å². The van der Waals surface area contributed by atoms with E-state index in [1.807, 2.05) is 0 Å². The van der Waals surface area contributed by atoms with Crippen molar-refractivity contribution < 1.29 is 0 Å². The quantitative estimate of drug-likeness (QED) is 0.154. The lowest BCUT2D eigenvalue weighted by atomic mass is 9.82. The minimum Gasteiger partial charge on any atom is -0.309 e. The van der Waals surface area contributed by atoms with Crippen LogP contribution in [0.15, 0.2) is 212 Å². The highest BCUT2D eigenvalue weighted by Crippen LogP contribution is 2.54. The van der Waals surface area contributed by atoms with Crippen LogP contribution in [-0.4, -0.2) is 0 Å². The number of benzene rings is 10. The smallest absolute Gasteiger partial charge is 0.0625 e. The van der Waals surface area contributed by atoms with Crippen LogP contribution in [-0.2, 0) is 5.41 Å². The molecule has 0 radical (unpaired) electrons. The standard InChI is InChI=1S/C57H41N/c1-57(2)53-31-16-15-27-47(53)48-35-33-42(37-54(48)57)58(41-32-34-44(38-18-5-3-6-19-38)52(36-41)40-20-7-4-8-21-40)56-51-29-14-12-26-46(51)45-25-11-13-28-50(45)55(56)49-30-17-23-39-22-9-10-24-43(39)49/h3-37H,1-2H3. The highest BCUT2D eigenvalue weighted by Gasteiger charge is 2.36. The van der Waals surface area contributed by atoms with Gasteiger partial charge in [0.2, 0.25) is 0 Å². The molecule has 1 heteroatoms. The van der Waals surface area contributed by atoms with E-state index in [0.717, 1.165) is 11.4 Å². The third-order valence-electron chi connectivity index (χ3n) is 12.4. The van der Waals surface area contributed by atoms with Crippen molar-refractivity contribution in [3.63, 3.8) is 0 Å². The predicted octanol–water partition coefficient (Wildman–Crippen LogP) is 15.9. The van der Waals surface area contributed by atoms with E-state index in [4.69, 9.17) is 0 Å². The molecule has 274 valence electrons. The van der Waals surface area contributed by atoms with E-state index in [2.05, 4.69) is 231 Å².